The third kappa shape index (κ3) is 4.27. The number of nitrogens with zero attached hydrogens (tertiary/aromatic N) is 3. The van der Waals surface area contributed by atoms with Gasteiger partial charge in [-0.15, -0.1) is 0 Å². The van der Waals surface area contributed by atoms with E-state index in [1.807, 2.05) is 6.92 Å². The molecule has 0 atom stereocenters. The second-order valence-corrected chi connectivity index (χ2v) is 5.39. The van der Waals surface area contributed by atoms with Crippen LogP contribution in [0, 0.1) is 10.1 Å². The van der Waals surface area contributed by atoms with Crippen molar-refractivity contribution in [2.24, 2.45) is 0 Å². The predicted molar refractivity (Wildman–Crippen MR) is 82.6 cm³/mol. The monoisotopic (exact) mass is 293 g/mol. The molecule has 21 heavy (non-hydrogen) atoms. The molecule has 1 aromatic rings. The second-order valence-electron chi connectivity index (χ2n) is 5.39. The Kier molecular flexibility index (Phi) is 5.71. The van der Waals surface area contributed by atoms with Crippen LogP contribution in [-0.4, -0.2) is 27.5 Å². The Balaban J connectivity index is 2.17. The highest BCUT2D eigenvalue weighted by molar-refractivity contribution is 5.69. The smallest absolute Gasteiger partial charge is 0.353 e. The van der Waals surface area contributed by atoms with Crippen LogP contribution >= 0.6 is 0 Å². The van der Waals surface area contributed by atoms with Gasteiger partial charge in [-0.3, -0.25) is 10.1 Å². The lowest BCUT2D eigenvalue weighted by molar-refractivity contribution is -0.383. The average molecular weight is 293 g/mol. The summed E-state index contributed by atoms with van der Waals surface area (Å²) in [6, 6.07) is 0.258. The molecule has 0 amide bonds. The molecule has 0 bridgehead atoms. The van der Waals surface area contributed by atoms with Crippen LogP contribution < -0.4 is 10.6 Å². The molecule has 7 nitrogen and oxygen atoms in total. The highest BCUT2D eigenvalue weighted by Crippen LogP contribution is 2.30. The van der Waals surface area contributed by atoms with Crippen LogP contribution in [0.2, 0.25) is 0 Å². The summed E-state index contributed by atoms with van der Waals surface area (Å²) < 4.78 is 0. The van der Waals surface area contributed by atoms with E-state index < -0.39 is 4.92 Å². The predicted octanol–water partition coefficient (Wildman–Crippen LogP) is 3.34. The summed E-state index contributed by atoms with van der Waals surface area (Å²) in [6.07, 6.45) is 9.56. The molecule has 1 fully saturated rings. The Labute approximate surface area is 124 Å². The van der Waals surface area contributed by atoms with Gasteiger partial charge in [-0.25, -0.2) is 9.97 Å². The molecule has 0 unspecified atom stereocenters. The molecule has 0 radical (unpaired) electrons. The fourth-order valence-corrected chi connectivity index (χ4v) is 2.75. The van der Waals surface area contributed by atoms with Gasteiger partial charge >= 0.3 is 5.69 Å². The first-order chi connectivity index (χ1) is 10.2. The highest BCUT2D eigenvalue weighted by atomic mass is 16.6. The van der Waals surface area contributed by atoms with E-state index in [0.717, 1.165) is 25.7 Å². The largest absolute Gasteiger partial charge is 0.364 e. The Morgan fingerprint density at radius 3 is 2.43 bits per heavy atom. The summed E-state index contributed by atoms with van der Waals surface area (Å²) in [5.41, 5.74) is -0.0543. The molecule has 0 spiro atoms. The summed E-state index contributed by atoms with van der Waals surface area (Å²) in [6.45, 7) is 2.47. The summed E-state index contributed by atoms with van der Waals surface area (Å²) in [7, 11) is 0. The fourth-order valence-electron chi connectivity index (χ4n) is 2.75. The van der Waals surface area contributed by atoms with Crippen molar-refractivity contribution >= 4 is 17.3 Å². The van der Waals surface area contributed by atoms with Gasteiger partial charge in [0.25, 0.3) is 0 Å². The van der Waals surface area contributed by atoms with Gasteiger partial charge < -0.3 is 10.6 Å². The lowest BCUT2D eigenvalue weighted by Gasteiger charge is -2.21. The summed E-state index contributed by atoms with van der Waals surface area (Å²) in [5.74, 6) is 0.613. The van der Waals surface area contributed by atoms with E-state index in [4.69, 9.17) is 0 Å². The number of rotatable bonds is 5. The number of hydrogen-bond donors (Lipinski definition) is 2. The van der Waals surface area contributed by atoms with Crippen LogP contribution in [0.5, 0.6) is 0 Å². The number of nitro groups is 1. The second kappa shape index (κ2) is 7.75. The maximum atomic E-state index is 11.3. The van der Waals surface area contributed by atoms with Crippen molar-refractivity contribution in [1.82, 2.24) is 9.97 Å². The fraction of sp³-hybridized carbons (Fsp3) is 0.714. The molecule has 116 valence electrons. The van der Waals surface area contributed by atoms with E-state index in [2.05, 4.69) is 20.6 Å². The molecule has 1 saturated carbocycles. The number of anilines is 2. The van der Waals surface area contributed by atoms with E-state index >= 15 is 0 Å². The molecule has 1 aliphatic rings. The van der Waals surface area contributed by atoms with Gasteiger partial charge in [0.15, 0.2) is 0 Å². The Hall–Kier alpha value is -1.92. The van der Waals surface area contributed by atoms with Crippen molar-refractivity contribution in [2.45, 2.75) is 57.9 Å². The van der Waals surface area contributed by atoms with Crippen LogP contribution in [-0.2, 0) is 0 Å². The van der Waals surface area contributed by atoms with Crippen LogP contribution in [0.25, 0.3) is 0 Å². The van der Waals surface area contributed by atoms with Crippen molar-refractivity contribution < 1.29 is 4.92 Å². The maximum absolute atomic E-state index is 11.3. The molecule has 2 N–H and O–H groups in total. The lowest BCUT2D eigenvalue weighted by Crippen LogP contribution is -2.22. The van der Waals surface area contributed by atoms with E-state index in [1.54, 1.807) is 0 Å². The minimum Gasteiger partial charge on any atom is -0.364 e. The van der Waals surface area contributed by atoms with Crippen molar-refractivity contribution in [1.29, 1.82) is 0 Å². The van der Waals surface area contributed by atoms with E-state index in [9.17, 15) is 10.1 Å². The molecule has 2 rings (SSSR count). The van der Waals surface area contributed by atoms with Crippen LogP contribution in [0.4, 0.5) is 17.3 Å². The zero-order valence-corrected chi connectivity index (χ0v) is 12.5. The first-order valence-corrected chi connectivity index (χ1v) is 7.72. The molecule has 1 aliphatic carbocycles. The van der Waals surface area contributed by atoms with Crippen molar-refractivity contribution in [3.8, 4) is 0 Å². The number of nitrogens with one attached hydrogen (secondary N) is 2. The molecule has 1 aromatic heterocycles. The first-order valence-electron chi connectivity index (χ1n) is 7.72. The third-order valence-corrected chi connectivity index (χ3v) is 3.80. The quantitative estimate of drug-likeness (QED) is 0.639. The van der Waals surface area contributed by atoms with Crippen molar-refractivity contribution in [2.75, 3.05) is 17.2 Å². The van der Waals surface area contributed by atoms with Crippen LogP contribution in [0.1, 0.15) is 51.9 Å². The standard InChI is InChI=1S/C14H23N5O2/c1-2-15-13-12(19(20)21)14(17-10-16-13)18-11-8-6-4-3-5-7-9-11/h10-11H,2-9H2,1H3,(H2,15,16,17,18). The molecule has 0 saturated heterocycles. The lowest BCUT2D eigenvalue weighted by atomic mass is 9.97. The Morgan fingerprint density at radius 2 is 1.81 bits per heavy atom. The molecule has 0 aromatic carbocycles. The molecule has 0 aliphatic heterocycles. The SMILES string of the molecule is CCNc1ncnc(NC2CCCCCCC2)c1[N+](=O)[O-]. The zero-order chi connectivity index (χ0) is 15.1. The topological polar surface area (TPSA) is 93.0 Å². The molecule has 1 heterocycles. The minimum absolute atomic E-state index is 0.0543. The minimum atomic E-state index is -0.413. The van der Waals surface area contributed by atoms with E-state index in [-0.39, 0.29) is 17.5 Å². The average Bonchev–Trinajstić information content (AvgIpc) is 2.42. The first kappa shape index (κ1) is 15.5. The van der Waals surface area contributed by atoms with E-state index in [0.29, 0.717) is 12.4 Å². The summed E-state index contributed by atoms with van der Waals surface area (Å²) in [4.78, 5) is 19.0. The summed E-state index contributed by atoms with van der Waals surface area (Å²) >= 11 is 0. The number of hydrogen-bond acceptors (Lipinski definition) is 6. The van der Waals surface area contributed by atoms with Gasteiger partial charge in [0.2, 0.25) is 11.6 Å². The van der Waals surface area contributed by atoms with Gasteiger partial charge in [-0.2, -0.15) is 0 Å². The molecular weight excluding hydrogens is 270 g/mol. The van der Waals surface area contributed by atoms with Crippen LogP contribution in [0.3, 0.4) is 0 Å². The van der Waals surface area contributed by atoms with E-state index in [1.165, 1.54) is 25.6 Å². The van der Waals surface area contributed by atoms with Crippen molar-refractivity contribution in [3.63, 3.8) is 0 Å². The van der Waals surface area contributed by atoms with Crippen molar-refractivity contribution in [3.05, 3.63) is 16.4 Å². The van der Waals surface area contributed by atoms with Crippen LogP contribution in [0.15, 0.2) is 6.33 Å². The zero-order valence-electron chi connectivity index (χ0n) is 12.5. The normalized spacial score (nSPS) is 16.8. The van der Waals surface area contributed by atoms with Gasteiger partial charge in [-0.05, 0) is 19.8 Å². The third-order valence-electron chi connectivity index (χ3n) is 3.80. The van der Waals surface area contributed by atoms with Gasteiger partial charge in [0.1, 0.15) is 6.33 Å². The Morgan fingerprint density at radius 1 is 1.19 bits per heavy atom. The van der Waals surface area contributed by atoms with Gasteiger partial charge in [-0.1, -0.05) is 32.1 Å². The highest BCUT2D eigenvalue weighted by Gasteiger charge is 2.24. The Bertz CT molecular complexity index is 472. The maximum Gasteiger partial charge on any atom is 0.353 e. The van der Waals surface area contributed by atoms with Gasteiger partial charge in [0.05, 0.1) is 4.92 Å². The van der Waals surface area contributed by atoms with Gasteiger partial charge in [0, 0.05) is 12.6 Å². The number of aromatic nitrogens is 2. The molecule has 7 heteroatoms. The molecular formula is C14H23N5O2. The summed E-state index contributed by atoms with van der Waals surface area (Å²) in [5, 5.41) is 17.5.